The summed E-state index contributed by atoms with van der Waals surface area (Å²) in [5.74, 6) is 1.76. The number of pyridine rings is 1. The molecule has 0 fully saturated rings. The fourth-order valence-corrected chi connectivity index (χ4v) is 2.41. The third-order valence-electron chi connectivity index (χ3n) is 3.62. The maximum Gasteiger partial charge on any atom is 0.191 e. The van der Waals surface area contributed by atoms with E-state index in [0.29, 0.717) is 6.54 Å². The minimum atomic E-state index is 0. The summed E-state index contributed by atoms with van der Waals surface area (Å²) in [5, 5.41) is 6.64. The Hall–Kier alpha value is -1.83. The molecular weight excluding hydrogens is 427 g/mol. The van der Waals surface area contributed by atoms with Crippen molar-refractivity contribution in [2.24, 2.45) is 4.99 Å². The van der Waals surface area contributed by atoms with E-state index in [0.717, 1.165) is 37.6 Å². The van der Waals surface area contributed by atoms with E-state index in [4.69, 9.17) is 4.74 Å². The van der Waals surface area contributed by atoms with Crippen molar-refractivity contribution in [3.8, 4) is 5.75 Å². The van der Waals surface area contributed by atoms with Gasteiger partial charge in [-0.15, -0.1) is 24.0 Å². The largest absolute Gasteiger partial charge is 0.496 e. The van der Waals surface area contributed by atoms with Gasteiger partial charge in [-0.05, 0) is 43.0 Å². The van der Waals surface area contributed by atoms with Gasteiger partial charge >= 0.3 is 0 Å². The molecule has 0 bridgehead atoms. The summed E-state index contributed by atoms with van der Waals surface area (Å²) >= 11 is 0. The van der Waals surface area contributed by atoms with Gasteiger partial charge in [-0.25, -0.2) is 0 Å². The highest BCUT2D eigenvalue weighted by Crippen LogP contribution is 2.17. The third kappa shape index (κ3) is 7.72. The van der Waals surface area contributed by atoms with E-state index in [-0.39, 0.29) is 24.0 Å². The number of hydrogen-bond donors (Lipinski definition) is 2. The molecule has 0 saturated heterocycles. The zero-order valence-corrected chi connectivity index (χ0v) is 17.2. The van der Waals surface area contributed by atoms with E-state index in [1.807, 2.05) is 30.5 Å². The summed E-state index contributed by atoms with van der Waals surface area (Å²) in [6.07, 6.45) is 5.46. The SMILES string of the molecule is CCNC(=NCCc1ccccc1OC)NCCc1cccnc1.I. The second kappa shape index (κ2) is 12.5. The highest BCUT2D eigenvalue weighted by molar-refractivity contribution is 14.0. The fourth-order valence-electron chi connectivity index (χ4n) is 2.41. The van der Waals surface area contributed by atoms with Gasteiger partial charge in [-0.1, -0.05) is 24.3 Å². The molecule has 0 atom stereocenters. The molecule has 0 aliphatic carbocycles. The molecule has 0 saturated carbocycles. The van der Waals surface area contributed by atoms with Crippen molar-refractivity contribution < 1.29 is 4.74 Å². The lowest BCUT2D eigenvalue weighted by Gasteiger charge is -2.12. The molecule has 1 heterocycles. The zero-order valence-electron chi connectivity index (χ0n) is 14.9. The van der Waals surface area contributed by atoms with Crippen LogP contribution in [0.15, 0.2) is 53.8 Å². The standard InChI is InChI=1S/C19H26N4O.HI/c1-3-21-19(22-13-10-16-7-6-12-20-15-16)23-14-11-17-8-4-5-9-18(17)24-2;/h4-9,12,15H,3,10-11,13-14H2,1-2H3,(H2,21,22,23);1H. The molecule has 0 aliphatic rings. The molecule has 2 N–H and O–H groups in total. The summed E-state index contributed by atoms with van der Waals surface area (Å²) in [7, 11) is 1.70. The van der Waals surface area contributed by atoms with Crippen molar-refractivity contribution in [3.05, 3.63) is 59.9 Å². The lowest BCUT2D eigenvalue weighted by Crippen LogP contribution is -2.38. The van der Waals surface area contributed by atoms with Crippen molar-refractivity contribution in [1.82, 2.24) is 15.6 Å². The number of guanidine groups is 1. The van der Waals surface area contributed by atoms with Gasteiger partial charge in [0.2, 0.25) is 0 Å². The van der Waals surface area contributed by atoms with Crippen LogP contribution in [-0.2, 0) is 12.8 Å². The van der Waals surface area contributed by atoms with Gasteiger partial charge in [0.05, 0.1) is 7.11 Å². The Labute approximate surface area is 167 Å². The molecule has 0 unspecified atom stereocenters. The van der Waals surface area contributed by atoms with Crippen LogP contribution in [0, 0.1) is 0 Å². The number of aliphatic imine (C=N–C) groups is 1. The Morgan fingerprint density at radius 2 is 1.96 bits per heavy atom. The molecule has 2 rings (SSSR count). The number of nitrogens with one attached hydrogen (secondary N) is 2. The van der Waals surface area contributed by atoms with Gasteiger partial charge in [0.1, 0.15) is 5.75 Å². The van der Waals surface area contributed by atoms with E-state index in [1.54, 1.807) is 13.3 Å². The number of halogens is 1. The minimum Gasteiger partial charge on any atom is -0.496 e. The highest BCUT2D eigenvalue weighted by atomic mass is 127. The molecule has 25 heavy (non-hydrogen) atoms. The van der Waals surface area contributed by atoms with Crippen LogP contribution >= 0.6 is 24.0 Å². The topological polar surface area (TPSA) is 58.5 Å². The summed E-state index contributed by atoms with van der Waals surface area (Å²) in [4.78, 5) is 8.77. The van der Waals surface area contributed by atoms with Gasteiger partial charge in [0.15, 0.2) is 5.96 Å². The second-order valence-electron chi connectivity index (χ2n) is 5.36. The van der Waals surface area contributed by atoms with Gasteiger partial charge < -0.3 is 15.4 Å². The predicted molar refractivity (Wildman–Crippen MR) is 114 cm³/mol. The molecule has 2 aromatic rings. The molecule has 1 aromatic carbocycles. The smallest absolute Gasteiger partial charge is 0.191 e. The van der Waals surface area contributed by atoms with Crippen molar-refractivity contribution >= 4 is 29.9 Å². The van der Waals surface area contributed by atoms with E-state index in [1.165, 1.54) is 11.1 Å². The van der Waals surface area contributed by atoms with Crippen LogP contribution in [-0.4, -0.2) is 37.7 Å². The van der Waals surface area contributed by atoms with Gasteiger partial charge in [-0.2, -0.15) is 0 Å². The lowest BCUT2D eigenvalue weighted by atomic mass is 10.1. The first kappa shape index (κ1) is 21.2. The Balaban J connectivity index is 0.00000312. The molecule has 6 heteroatoms. The maximum atomic E-state index is 5.38. The highest BCUT2D eigenvalue weighted by Gasteiger charge is 2.02. The van der Waals surface area contributed by atoms with Crippen LogP contribution in [0.4, 0.5) is 0 Å². The molecule has 0 radical (unpaired) electrons. The van der Waals surface area contributed by atoms with E-state index in [9.17, 15) is 0 Å². The van der Waals surface area contributed by atoms with E-state index in [2.05, 4.69) is 39.7 Å². The van der Waals surface area contributed by atoms with Gasteiger partial charge in [-0.3, -0.25) is 9.98 Å². The number of methoxy groups -OCH3 is 1. The molecule has 0 aliphatic heterocycles. The van der Waals surface area contributed by atoms with E-state index < -0.39 is 0 Å². The van der Waals surface area contributed by atoms with Gasteiger partial charge in [0.25, 0.3) is 0 Å². The number of hydrogen-bond acceptors (Lipinski definition) is 3. The predicted octanol–water partition coefficient (Wildman–Crippen LogP) is 3.05. The fraction of sp³-hybridized carbons (Fsp3) is 0.368. The Morgan fingerprint density at radius 1 is 1.12 bits per heavy atom. The third-order valence-corrected chi connectivity index (χ3v) is 3.62. The first-order valence-corrected chi connectivity index (χ1v) is 8.36. The number of nitrogens with zero attached hydrogens (tertiary/aromatic N) is 2. The molecule has 5 nitrogen and oxygen atoms in total. The van der Waals surface area contributed by atoms with Crippen LogP contribution < -0.4 is 15.4 Å². The van der Waals surface area contributed by atoms with Crippen molar-refractivity contribution in [2.75, 3.05) is 26.7 Å². The quantitative estimate of drug-likeness (QED) is 0.366. The van der Waals surface area contributed by atoms with Crippen LogP contribution in [0.3, 0.4) is 0 Å². The summed E-state index contributed by atoms with van der Waals surface area (Å²) in [6, 6.07) is 12.1. The second-order valence-corrected chi connectivity index (χ2v) is 5.36. The number of para-hydroxylation sites is 1. The number of aromatic nitrogens is 1. The van der Waals surface area contributed by atoms with Crippen LogP contribution in [0.1, 0.15) is 18.1 Å². The number of benzene rings is 1. The lowest BCUT2D eigenvalue weighted by molar-refractivity contribution is 0.410. The number of rotatable bonds is 8. The zero-order chi connectivity index (χ0) is 17.0. The molecule has 0 spiro atoms. The van der Waals surface area contributed by atoms with Crippen LogP contribution in [0.2, 0.25) is 0 Å². The molecule has 1 aromatic heterocycles. The maximum absolute atomic E-state index is 5.38. The van der Waals surface area contributed by atoms with Crippen LogP contribution in [0.5, 0.6) is 5.75 Å². The Morgan fingerprint density at radius 3 is 2.68 bits per heavy atom. The molecule has 0 amide bonds. The Bertz CT molecular complexity index is 634. The Kier molecular flexibility index (Phi) is 10.6. The number of ether oxygens (including phenoxy) is 1. The van der Waals surface area contributed by atoms with Crippen molar-refractivity contribution in [2.45, 2.75) is 19.8 Å². The van der Waals surface area contributed by atoms with Crippen molar-refractivity contribution in [1.29, 1.82) is 0 Å². The van der Waals surface area contributed by atoms with Crippen molar-refractivity contribution in [3.63, 3.8) is 0 Å². The van der Waals surface area contributed by atoms with E-state index >= 15 is 0 Å². The first-order chi connectivity index (χ1) is 11.8. The first-order valence-electron chi connectivity index (χ1n) is 8.36. The van der Waals surface area contributed by atoms with Gasteiger partial charge in [0, 0.05) is 32.0 Å². The average molecular weight is 454 g/mol. The monoisotopic (exact) mass is 454 g/mol. The minimum absolute atomic E-state index is 0. The summed E-state index contributed by atoms with van der Waals surface area (Å²) < 4.78 is 5.38. The molecular formula is C19H27IN4O. The summed E-state index contributed by atoms with van der Waals surface area (Å²) in [6.45, 7) is 4.45. The summed E-state index contributed by atoms with van der Waals surface area (Å²) in [5.41, 5.74) is 2.39. The average Bonchev–Trinajstić information content (AvgIpc) is 2.63. The molecule has 136 valence electrons. The van der Waals surface area contributed by atoms with Crippen LogP contribution in [0.25, 0.3) is 0 Å². The normalized spacial score (nSPS) is 10.7.